The van der Waals surface area contributed by atoms with Crippen LogP contribution in [-0.2, 0) is 11.2 Å². The van der Waals surface area contributed by atoms with Crippen molar-refractivity contribution in [2.45, 2.75) is 19.8 Å². The lowest BCUT2D eigenvalue weighted by Gasteiger charge is -2.09. The highest BCUT2D eigenvalue weighted by molar-refractivity contribution is 14.1. The molecule has 82 valence electrons. The number of hydrogen-bond donors (Lipinski definition) is 1. The summed E-state index contributed by atoms with van der Waals surface area (Å²) in [7, 11) is 0. The molecular formula is C10H9F2IO2. The van der Waals surface area contributed by atoms with Gasteiger partial charge in [-0.1, -0.05) is 6.07 Å². The fraction of sp³-hybridized carbons (Fsp3) is 0.300. The summed E-state index contributed by atoms with van der Waals surface area (Å²) in [5, 5.41) is 8.59. The van der Waals surface area contributed by atoms with E-state index in [0.717, 1.165) is 9.13 Å². The third-order valence-electron chi connectivity index (χ3n) is 2.00. The molecule has 0 aliphatic carbocycles. The Morgan fingerprint density at radius 1 is 1.53 bits per heavy atom. The van der Waals surface area contributed by atoms with Crippen LogP contribution in [0.5, 0.6) is 0 Å². The summed E-state index contributed by atoms with van der Waals surface area (Å²) < 4.78 is 25.9. The Hall–Kier alpha value is -0.720. The van der Waals surface area contributed by atoms with Gasteiger partial charge in [0.1, 0.15) is 0 Å². The minimum atomic E-state index is -2.63. The molecule has 1 aromatic rings. The van der Waals surface area contributed by atoms with Crippen molar-refractivity contribution in [3.05, 3.63) is 32.4 Å². The summed E-state index contributed by atoms with van der Waals surface area (Å²) >= 11 is 1.95. The Labute approximate surface area is 99.4 Å². The van der Waals surface area contributed by atoms with Crippen molar-refractivity contribution in [2.24, 2.45) is 0 Å². The number of carboxylic acids is 1. The van der Waals surface area contributed by atoms with Crippen LogP contribution < -0.4 is 0 Å². The predicted molar refractivity (Wildman–Crippen MR) is 60.2 cm³/mol. The molecule has 0 aromatic heterocycles. The highest BCUT2D eigenvalue weighted by Gasteiger charge is 2.16. The van der Waals surface area contributed by atoms with Gasteiger partial charge in [0.25, 0.3) is 6.43 Å². The highest BCUT2D eigenvalue weighted by Crippen LogP contribution is 2.27. The SMILES string of the molecule is Cc1cc(CC(=O)O)c(C(F)F)cc1I. The van der Waals surface area contributed by atoms with E-state index < -0.39 is 12.4 Å². The van der Waals surface area contributed by atoms with Gasteiger partial charge in [0, 0.05) is 9.13 Å². The van der Waals surface area contributed by atoms with Gasteiger partial charge in [-0.05, 0) is 46.7 Å². The molecule has 2 nitrogen and oxygen atoms in total. The highest BCUT2D eigenvalue weighted by atomic mass is 127. The minimum Gasteiger partial charge on any atom is -0.481 e. The summed E-state index contributed by atoms with van der Waals surface area (Å²) in [6, 6.07) is 2.86. The molecule has 0 bridgehead atoms. The van der Waals surface area contributed by atoms with Gasteiger partial charge in [-0.25, -0.2) is 8.78 Å². The molecule has 0 amide bonds. The molecule has 0 atom stereocenters. The van der Waals surface area contributed by atoms with Gasteiger partial charge in [0.05, 0.1) is 6.42 Å². The normalized spacial score (nSPS) is 10.7. The van der Waals surface area contributed by atoms with E-state index in [2.05, 4.69) is 0 Å². The van der Waals surface area contributed by atoms with E-state index in [-0.39, 0.29) is 17.5 Å². The van der Waals surface area contributed by atoms with Crippen LogP contribution in [0.15, 0.2) is 12.1 Å². The Morgan fingerprint density at radius 3 is 2.60 bits per heavy atom. The average molecular weight is 326 g/mol. The van der Waals surface area contributed by atoms with Gasteiger partial charge in [-0.2, -0.15) is 0 Å². The Morgan fingerprint density at radius 2 is 2.13 bits per heavy atom. The lowest BCUT2D eigenvalue weighted by atomic mass is 10.0. The van der Waals surface area contributed by atoms with Crippen molar-refractivity contribution < 1.29 is 18.7 Å². The monoisotopic (exact) mass is 326 g/mol. The van der Waals surface area contributed by atoms with E-state index >= 15 is 0 Å². The fourth-order valence-electron chi connectivity index (χ4n) is 1.28. The quantitative estimate of drug-likeness (QED) is 0.867. The number of aliphatic carboxylic acids is 1. The molecule has 0 heterocycles. The first-order chi connectivity index (χ1) is 6.91. The summed E-state index contributed by atoms with van der Waals surface area (Å²) in [6.07, 6.45) is -2.99. The van der Waals surface area contributed by atoms with Gasteiger partial charge < -0.3 is 5.11 Å². The van der Waals surface area contributed by atoms with Crippen LogP contribution in [0.4, 0.5) is 8.78 Å². The second kappa shape index (κ2) is 4.87. The Kier molecular flexibility index (Phi) is 4.01. The molecule has 5 heteroatoms. The van der Waals surface area contributed by atoms with Crippen molar-refractivity contribution in [1.82, 2.24) is 0 Å². The van der Waals surface area contributed by atoms with E-state index in [9.17, 15) is 13.6 Å². The maximum absolute atomic E-state index is 12.6. The molecule has 0 radical (unpaired) electrons. The first kappa shape index (κ1) is 12.4. The average Bonchev–Trinajstić information content (AvgIpc) is 2.09. The van der Waals surface area contributed by atoms with E-state index in [1.165, 1.54) is 12.1 Å². The molecule has 0 saturated heterocycles. The van der Waals surface area contributed by atoms with Crippen molar-refractivity contribution >= 4 is 28.6 Å². The Bertz CT molecular complexity index is 391. The molecule has 0 aliphatic heterocycles. The molecule has 0 spiro atoms. The number of aryl methyl sites for hydroxylation is 1. The molecule has 0 aliphatic rings. The second-order valence-corrected chi connectivity index (χ2v) is 4.33. The number of hydrogen-bond acceptors (Lipinski definition) is 1. The van der Waals surface area contributed by atoms with Crippen LogP contribution in [-0.4, -0.2) is 11.1 Å². The van der Waals surface area contributed by atoms with Gasteiger partial charge >= 0.3 is 5.97 Å². The largest absolute Gasteiger partial charge is 0.481 e. The number of carboxylic acid groups (broad SMARTS) is 1. The maximum Gasteiger partial charge on any atom is 0.307 e. The smallest absolute Gasteiger partial charge is 0.307 e. The van der Waals surface area contributed by atoms with Crippen LogP contribution in [0, 0.1) is 10.5 Å². The molecule has 0 saturated carbocycles. The van der Waals surface area contributed by atoms with Crippen LogP contribution in [0.25, 0.3) is 0 Å². The third-order valence-corrected chi connectivity index (χ3v) is 3.16. The van der Waals surface area contributed by atoms with Gasteiger partial charge in [-0.3, -0.25) is 4.79 Å². The number of alkyl halides is 2. The maximum atomic E-state index is 12.6. The molecule has 1 aromatic carbocycles. The number of carbonyl (C=O) groups is 1. The topological polar surface area (TPSA) is 37.3 Å². The zero-order valence-corrected chi connectivity index (χ0v) is 10.1. The lowest BCUT2D eigenvalue weighted by molar-refractivity contribution is -0.136. The lowest BCUT2D eigenvalue weighted by Crippen LogP contribution is -2.05. The van der Waals surface area contributed by atoms with Gasteiger partial charge in [-0.15, -0.1) is 0 Å². The first-order valence-corrected chi connectivity index (χ1v) is 5.28. The number of halogens is 3. The van der Waals surface area contributed by atoms with E-state index in [1.807, 2.05) is 22.6 Å². The number of rotatable bonds is 3. The third kappa shape index (κ3) is 3.12. The van der Waals surface area contributed by atoms with Crippen LogP contribution in [0.1, 0.15) is 23.1 Å². The van der Waals surface area contributed by atoms with Gasteiger partial charge in [0.2, 0.25) is 0 Å². The Balaban J connectivity index is 3.21. The minimum absolute atomic E-state index is 0.188. The summed E-state index contributed by atoms with van der Waals surface area (Å²) in [5.41, 5.74) is 0.819. The van der Waals surface area contributed by atoms with Crippen molar-refractivity contribution in [3.8, 4) is 0 Å². The van der Waals surface area contributed by atoms with Crippen LogP contribution in [0.2, 0.25) is 0 Å². The van der Waals surface area contributed by atoms with Crippen molar-refractivity contribution in [3.63, 3.8) is 0 Å². The fourth-order valence-corrected chi connectivity index (χ4v) is 1.77. The van der Waals surface area contributed by atoms with Crippen molar-refractivity contribution in [1.29, 1.82) is 0 Å². The van der Waals surface area contributed by atoms with Gasteiger partial charge in [0.15, 0.2) is 0 Å². The van der Waals surface area contributed by atoms with Crippen molar-refractivity contribution in [2.75, 3.05) is 0 Å². The molecule has 0 fully saturated rings. The predicted octanol–water partition coefficient (Wildman–Crippen LogP) is 3.16. The summed E-state index contributed by atoms with van der Waals surface area (Å²) in [5.74, 6) is -1.10. The molecule has 1 N–H and O–H groups in total. The molecule has 0 unspecified atom stereocenters. The van der Waals surface area contributed by atoms with E-state index in [0.29, 0.717) is 0 Å². The van der Waals surface area contributed by atoms with Crippen LogP contribution >= 0.6 is 22.6 Å². The molecular weight excluding hydrogens is 317 g/mol. The standard InChI is InChI=1S/C10H9F2IO2/c1-5-2-6(3-9(14)15)7(10(11)12)4-8(5)13/h2,4,10H,3H2,1H3,(H,14,15). The number of benzene rings is 1. The summed E-state index contributed by atoms with van der Waals surface area (Å²) in [4.78, 5) is 10.5. The molecule has 1 rings (SSSR count). The van der Waals surface area contributed by atoms with E-state index in [4.69, 9.17) is 5.11 Å². The first-order valence-electron chi connectivity index (χ1n) is 4.20. The summed E-state index contributed by atoms with van der Waals surface area (Å²) in [6.45, 7) is 1.77. The second-order valence-electron chi connectivity index (χ2n) is 3.17. The zero-order chi connectivity index (χ0) is 11.6. The van der Waals surface area contributed by atoms with Crippen LogP contribution in [0.3, 0.4) is 0 Å². The zero-order valence-electron chi connectivity index (χ0n) is 7.93. The van der Waals surface area contributed by atoms with E-state index in [1.54, 1.807) is 6.92 Å². The molecule has 15 heavy (non-hydrogen) atoms.